The van der Waals surface area contributed by atoms with E-state index in [1.54, 1.807) is 0 Å². The van der Waals surface area contributed by atoms with Crippen LogP contribution in [0.2, 0.25) is 0 Å². The summed E-state index contributed by atoms with van der Waals surface area (Å²) in [6, 6.07) is 1.13. The molecule has 1 N–H and O–H groups in total. The quantitative estimate of drug-likeness (QED) is 0.324. The Bertz CT molecular complexity index is 1100. The lowest BCUT2D eigenvalue weighted by atomic mass is 9.47. The van der Waals surface area contributed by atoms with Crippen LogP contribution in [0, 0.1) is 34.5 Å². The minimum atomic E-state index is -4.91. The molecular weight excluding hydrogens is 500 g/mol. The van der Waals surface area contributed by atoms with Crippen molar-refractivity contribution in [3.05, 3.63) is 29.3 Å². The van der Waals surface area contributed by atoms with E-state index in [9.17, 15) is 35.9 Å². The Kier molecular flexibility index (Phi) is 6.15. The molecule has 1 aliphatic heterocycles. The van der Waals surface area contributed by atoms with E-state index in [0.717, 1.165) is 32.1 Å². The molecule has 4 nitrogen and oxygen atoms in total. The summed E-state index contributed by atoms with van der Waals surface area (Å²) < 4.78 is 86.1. The molecule has 4 aliphatic rings. The Labute approximate surface area is 211 Å². The van der Waals surface area contributed by atoms with Gasteiger partial charge in [-0.2, -0.15) is 26.3 Å². The number of amides is 1. The van der Waals surface area contributed by atoms with Gasteiger partial charge in [-0.15, -0.1) is 0 Å². The van der Waals surface area contributed by atoms with Crippen molar-refractivity contribution in [3.63, 3.8) is 0 Å². The third kappa shape index (κ3) is 4.32. The van der Waals surface area contributed by atoms with Crippen LogP contribution in [-0.2, 0) is 26.7 Å². The van der Waals surface area contributed by atoms with Crippen molar-refractivity contribution in [1.82, 2.24) is 0 Å². The molecule has 3 aliphatic carbocycles. The second-order valence-corrected chi connectivity index (χ2v) is 11.9. The van der Waals surface area contributed by atoms with Gasteiger partial charge in [0.15, 0.2) is 0 Å². The Hall–Kier alpha value is -2.26. The number of halogens is 6. The maximum Gasteiger partial charge on any atom is 0.418 e. The SMILES string of the molecule is C[C@]12CCC3C(CC[C@H]4OC(=O)CC[C@]34C)C1CCC2C(=O)Nc1cc(C(F)(F)F)ccc1C(F)(F)F. The van der Waals surface area contributed by atoms with Gasteiger partial charge in [0.2, 0.25) is 5.91 Å². The summed E-state index contributed by atoms with van der Waals surface area (Å²) >= 11 is 0. The molecule has 5 rings (SSSR count). The van der Waals surface area contributed by atoms with E-state index in [4.69, 9.17) is 4.74 Å². The number of benzene rings is 1. The molecule has 204 valence electrons. The van der Waals surface area contributed by atoms with E-state index in [2.05, 4.69) is 12.2 Å². The largest absolute Gasteiger partial charge is 0.462 e. The molecule has 1 amide bonds. The number of carbonyl (C=O) groups is 2. The molecule has 4 fully saturated rings. The van der Waals surface area contributed by atoms with Crippen LogP contribution in [0.1, 0.15) is 76.3 Å². The van der Waals surface area contributed by atoms with Gasteiger partial charge >= 0.3 is 18.3 Å². The fourth-order valence-corrected chi connectivity index (χ4v) is 8.27. The molecule has 0 bridgehead atoms. The van der Waals surface area contributed by atoms with Crippen molar-refractivity contribution in [3.8, 4) is 0 Å². The number of rotatable bonds is 2. The minimum absolute atomic E-state index is 0.110. The van der Waals surface area contributed by atoms with E-state index in [0.29, 0.717) is 49.3 Å². The molecule has 0 spiro atoms. The Morgan fingerprint density at radius 3 is 2.30 bits per heavy atom. The predicted molar refractivity (Wildman–Crippen MR) is 122 cm³/mol. The number of ether oxygens (including phenoxy) is 1. The topological polar surface area (TPSA) is 55.4 Å². The van der Waals surface area contributed by atoms with Crippen LogP contribution in [-0.4, -0.2) is 18.0 Å². The summed E-state index contributed by atoms with van der Waals surface area (Å²) in [4.78, 5) is 25.3. The van der Waals surface area contributed by atoms with Gasteiger partial charge in [0.1, 0.15) is 6.10 Å². The third-order valence-corrected chi connectivity index (χ3v) is 10.2. The predicted octanol–water partition coefficient (Wildman–Crippen LogP) is 7.23. The molecule has 1 aromatic rings. The highest BCUT2D eigenvalue weighted by Gasteiger charge is 2.62. The number of esters is 1. The van der Waals surface area contributed by atoms with Crippen LogP contribution in [0.15, 0.2) is 18.2 Å². The fourth-order valence-electron chi connectivity index (χ4n) is 8.27. The van der Waals surface area contributed by atoms with Gasteiger partial charge in [-0.1, -0.05) is 13.8 Å². The highest BCUT2D eigenvalue weighted by molar-refractivity contribution is 5.94. The minimum Gasteiger partial charge on any atom is -0.462 e. The number of fused-ring (bicyclic) bond motifs is 5. The van der Waals surface area contributed by atoms with E-state index in [1.165, 1.54) is 0 Å². The number of nitrogens with one attached hydrogen (secondary N) is 1. The van der Waals surface area contributed by atoms with E-state index in [1.807, 2.05) is 6.92 Å². The summed E-state index contributed by atoms with van der Waals surface area (Å²) in [5.74, 6) is -0.579. The average molecular weight is 532 g/mol. The van der Waals surface area contributed by atoms with Gasteiger partial charge < -0.3 is 10.1 Å². The smallest absolute Gasteiger partial charge is 0.418 e. The molecule has 3 saturated carbocycles. The standard InChI is InChI=1S/C27H31F6NO3/c1-24-11-9-17-15(4-8-21-25(17,2)12-10-22(35)37-21)16(24)6-7-19(24)23(36)34-20-13-14(26(28,29)30)3-5-18(20)27(31,32)33/h3,5,13,15-17,19,21H,4,6-12H2,1-2H3,(H,34,36)/t15?,16?,17?,19?,21-,24+,25-/m1/s1. The van der Waals surface area contributed by atoms with Crippen LogP contribution in [0.4, 0.5) is 32.0 Å². The third-order valence-electron chi connectivity index (χ3n) is 10.2. The summed E-state index contributed by atoms with van der Waals surface area (Å²) in [5.41, 5.74) is -3.98. The maximum atomic E-state index is 13.6. The highest BCUT2D eigenvalue weighted by atomic mass is 19.4. The normalized spacial score (nSPS) is 37.7. The van der Waals surface area contributed by atoms with Crippen molar-refractivity contribution in [2.75, 3.05) is 5.32 Å². The number of anilines is 1. The van der Waals surface area contributed by atoms with Crippen LogP contribution in [0.25, 0.3) is 0 Å². The van der Waals surface area contributed by atoms with Crippen molar-refractivity contribution in [2.45, 2.75) is 83.7 Å². The molecule has 0 radical (unpaired) electrons. The average Bonchev–Trinajstić information content (AvgIpc) is 3.15. The summed E-state index contributed by atoms with van der Waals surface area (Å²) in [6.07, 6.45) is -4.35. The van der Waals surface area contributed by atoms with E-state index < -0.39 is 46.4 Å². The van der Waals surface area contributed by atoms with Gasteiger partial charge in [-0.25, -0.2) is 0 Å². The van der Waals surface area contributed by atoms with Gasteiger partial charge in [0.25, 0.3) is 0 Å². The number of hydrogen-bond acceptors (Lipinski definition) is 3. The highest BCUT2D eigenvalue weighted by Crippen LogP contribution is 2.66. The van der Waals surface area contributed by atoms with E-state index >= 15 is 0 Å². The summed E-state index contributed by atoms with van der Waals surface area (Å²) in [6.45, 7) is 4.20. The van der Waals surface area contributed by atoms with Crippen molar-refractivity contribution in [2.24, 2.45) is 34.5 Å². The zero-order valence-electron chi connectivity index (χ0n) is 20.8. The fraction of sp³-hybridized carbons (Fsp3) is 0.704. The second kappa shape index (κ2) is 8.63. The number of carbonyl (C=O) groups excluding carboxylic acids is 2. The first kappa shape index (κ1) is 26.4. The molecule has 37 heavy (non-hydrogen) atoms. The van der Waals surface area contributed by atoms with E-state index in [-0.39, 0.29) is 23.4 Å². The lowest BCUT2D eigenvalue weighted by Gasteiger charge is -2.59. The first-order chi connectivity index (χ1) is 17.1. The van der Waals surface area contributed by atoms with Crippen LogP contribution >= 0.6 is 0 Å². The van der Waals surface area contributed by atoms with Crippen LogP contribution in [0.5, 0.6) is 0 Å². The van der Waals surface area contributed by atoms with Crippen LogP contribution in [0.3, 0.4) is 0 Å². The number of hydrogen-bond donors (Lipinski definition) is 1. The van der Waals surface area contributed by atoms with Gasteiger partial charge in [-0.05, 0) is 86.3 Å². The number of alkyl halides is 6. The molecular formula is C27H31F6NO3. The Morgan fingerprint density at radius 2 is 1.62 bits per heavy atom. The molecule has 10 heteroatoms. The molecule has 1 aromatic carbocycles. The maximum absolute atomic E-state index is 13.6. The Balaban J connectivity index is 1.39. The summed E-state index contributed by atoms with van der Waals surface area (Å²) in [5, 5.41) is 2.24. The zero-order valence-corrected chi connectivity index (χ0v) is 20.8. The first-order valence-corrected chi connectivity index (χ1v) is 12.9. The monoisotopic (exact) mass is 531 g/mol. The van der Waals surface area contributed by atoms with Crippen molar-refractivity contribution < 1.29 is 40.7 Å². The summed E-state index contributed by atoms with van der Waals surface area (Å²) in [7, 11) is 0. The lowest BCUT2D eigenvalue weighted by Crippen LogP contribution is -2.56. The molecule has 1 saturated heterocycles. The van der Waals surface area contributed by atoms with Crippen molar-refractivity contribution in [1.29, 1.82) is 0 Å². The van der Waals surface area contributed by atoms with Gasteiger partial charge in [0, 0.05) is 17.8 Å². The first-order valence-electron chi connectivity index (χ1n) is 12.9. The molecule has 7 atom stereocenters. The van der Waals surface area contributed by atoms with Gasteiger partial charge in [0.05, 0.1) is 16.8 Å². The van der Waals surface area contributed by atoms with Gasteiger partial charge in [-0.3, -0.25) is 9.59 Å². The second-order valence-electron chi connectivity index (χ2n) is 11.9. The molecule has 1 heterocycles. The van der Waals surface area contributed by atoms with Crippen molar-refractivity contribution >= 4 is 17.6 Å². The Morgan fingerprint density at radius 1 is 0.919 bits per heavy atom. The lowest BCUT2D eigenvalue weighted by molar-refractivity contribution is -0.192. The van der Waals surface area contributed by atoms with Crippen LogP contribution < -0.4 is 5.32 Å². The molecule has 4 unspecified atom stereocenters. The molecule has 0 aromatic heterocycles. The zero-order chi connectivity index (χ0) is 27.0.